The molecule has 1 atom stereocenters. The number of methoxy groups -OCH3 is 1. The molecule has 0 fully saturated rings. The molecule has 2 rings (SSSR count). The zero-order valence-corrected chi connectivity index (χ0v) is 19.7. The van der Waals surface area contributed by atoms with Crippen molar-refractivity contribution >= 4 is 0 Å². The predicted molar refractivity (Wildman–Crippen MR) is 94.6 cm³/mol. The van der Waals surface area contributed by atoms with Gasteiger partial charge < -0.3 is 29.6 Å². The summed E-state index contributed by atoms with van der Waals surface area (Å²) < 4.78 is 6.13. The minimum absolute atomic E-state index is 0. The van der Waals surface area contributed by atoms with E-state index in [-0.39, 0.29) is 63.0 Å². The quantitative estimate of drug-likeness (QED) is 0.456. The van der Waals surface area contributed by atoms with Gasteiger partial charge in [-0.05, 0) is 34.8 Å². The van der Waals surface area contributed by atoms with Crippen molar-refractivity contribution in [2.75, 3.05) is 7.11 Å². The molecule has 2 aliphatic rings. The molecule has 0 heterocycles. The first-order valence-electron chi connectivity index (χ1n) is 8.33. The molecular weight excluding hydrogens is 387 g/mol. The monoisotopic (exact) mass is 417 g/mol. The predicted octanol–water partition coefficient (Wildman–Crippen LogP) is -0.195. The number of hydrogen-bond donors (Lipinski definition) is 0. The average molecular weight is 418 g/mol. The largest absolute Gasteiger partial charge is 3.00 e. The molecule has 0 saturated carbocycles. The van der Waals surface area contributed by atoms with Gasteiger partial charge in [0.05, 0.1) is 5.60 Å². The van der Waals surface area contributed by atoms with E-state index in [0.29, 0.717) is 0 Å². The van der Waals surface area contributed by atoms with Crippen molar-refractivity contribution in [3.05, 3.63) is 47.1 Å². The molecule has 0 amide bonds. The maximum Gasteiger partial charge on any atom is 3.00 e. The van der Waals surface area contributed by atoms with E-state index in [9.17, 15) is 0 Å². The number of allylic oxidation sites excluding steroid dienone is 5. The summed E-state index contributed by atoms with van der Waals surface area (Å²) in [5.74, 6) is 0. The van der Waals surface area contributed by atoms with Crippen LogP contribution in [0.4, 0.5) is 0 Å². The Labute approximate surface area is 182 Å². The molecule has 1 nitrogen and oxygen atoms in total. The molecule has 25 heavy (non-hydrogen) atoms. The fraction of sp³-hybridized carbons (Fsp3) is 0.619. The first kappa shape index (κ1) is 27.4. The molecule has 0 aromatic heterocycles. The van der Waals surface area contributed by atoms with Gasteiger partial charge in [0.15, 0.2) is 0 Å². The van der Waals surface area contributed by atoms with E-state index in [1.807, 2.05) is 7.11 Å². The van der Waals surface area contributed by atoms with Gasteiger partial charge in [0.1, 0.15) is 0 Å². The van der Waals surface area contributed by atoms with Gasteiger partial charge in [0.25, 0.3) is 0 Å². The van der Waals surface area contributed by atoms with E-state index in [4.69, 9.17) is 4.74 Å². The summed E-state index contributed by atoms with van der Waals surface area (Å²) in [7, 11) is 1.86. The standard InChI is InChI=1S/C21H31O.2ClH.Ti/c1-19(2,3)17-12-13-21(22-7,15-16-10-8-9-11-16)18(14-17)20(4,5)6;;;/h8,10,12,14H,9,13,15H2,1-7H3;2*1H;/q-1;;;+3/p-2. The summed E-state index contributed by atoms with van der Waals surface area (Å²) in [5.41, 5.74) is 4.14. The first-order valence-corrected chi connectivity index (χ1v) is 8.33. The van der Waals surface area contributed by atoms with Gasteiger partial charge in [-0.2, -0.15) is 6.08 Å². The molecular formula is C21H31Cl2OTi. The Kier molecular flexibility index (Phi) is 10.9. The van der Waals surface area contributed by atoms with E-state index in [1.165, 1.54) is 16.7 Å². The molecule has 0 bridgehead atoms. The van der Waals surface area contributed by atoms with Gasteiger partial charge in [-0.1, -0.05) is 53.7 Å². The summed E-state index contributed by atoms with van der Waals surface area (Å²) in [5, 5.41) is 0. The minimum atomic E-state index is -0.232. The number of halogens is 2. The second kappa shape index (κ2) is 9.95. The minimum Gasteiger partial charge on any atom is -1.00 e. The van der Waals surface area contributed by atoms with E-state index in [0.717, 1.165) is 19.3 Å². The van der Waals surface area contributed by atoms with Crippen LogP contribution in [-0.2, 0) is 26.5 Å². The van der Waals surface area contributed by atoms with Gasteiger partial charge in [-0.3, -0.25) is 6.08 Å². The van der Waals surface area contributed by atoms with Crippen molar-refractivity contribution < 1.29 is 51.3 Å². The normalized spacial score (nSPS) is 22.8. The second-order valence-electron chi connectivity index (χ2n) is 8.61. The average Bonchev–Trinajstić information content (AvgIpc) is 2.89. The summed E-state index contributed by atoms with van der Waals surface area (Å²) in [6.07, 6.45) is 15.4. The van der Waals surface area contributed by atoms with Crippen molar-refractivity contribution in [1.29, 1.82) is 0 Å². The summed E-state index contributed by atoms with van der Waals surface area (Å²) in [6.45, 7) is 13.7. The molecule has 4 heteroatoms. The van der Waals surface area contributed by atoms with Crippen molar-refractivity contribution in [2.24, 2.45) is 10.8 Å². The molecule has 1 unspecified atom stereocenters. The van der Waals surface area contributed by atoms with E-state index < -0.39 is 0 Å². The first-order chi connectivity index (χ1) is 10.1. The smallest absolute Gasteiger partial charge is 1.00 e. The summed E-state index contributed by atoms with van der Waals surface area (Å²) in [4.78, 5) is 0. The van der Waals surface area contributed by atoms with Crippen LogP contribution in [-0.4, -0.2) is 12.7 Å². The van der Waals surface area contributed by atoms with Crippen molar-refractivity contribution in [2.45, 2.75) is 66.4 Å². The molecule has 0 aromatic carbocycles. The molecule has 139 valence electrons. The topological polar surface area (TPSA) is 9.23 Å². The summed E-state index contributed by atoms with van der Waals surface area (Å²) in [6, 6.07) is 0. The van der Waals surface area contributed by atoms with Crippen molar-refractivity contribution in [3.63, 3.8) is 0 Å². The molecule has 0 aliphatic heterocycles. The third kappa shape index (κ3) is 6.40. The van der Waals surface area contributed by atoms with E-state index >= 15 is 0 Å². The Hall–Kier alpha value is 0.214. The zero-order valence-electron chi connectivity index (χ0n) is 16.6. The molecule has 0 saturated heterocycles. The Morgan fingerprint density at radius 2 is 1.68 bits per heavy atom. The van der Waals surface area contributed by atoms with Gasteiger partial charge in [-0.25, -0.2) is 11.6 Å². The summed E-state index contributed by atoms with van der Waals surface area (Å²) >= 11 is 0. The number of hydrogen-bond acceptors (Lipinski definition) is 1. The van der Waals surface area contributed by atoms with E-state index in [2.05, 4.69) is 71.9 Å². The van der Waals surface area contributed by atoms with Crippen LogP contribution < -0.4 is 24.8 Å². The second-order valence-corrected chi connectivity index (χ2v) is 8.61. The van der Waals surface area contributed by atoms with Gasteiger partial charge in [0.2, 0.25) is 0 Å². The zero-order chi connectivity index (χ0) is 16.6. The van der Waals surface area contributed by atoms with Crippen molar-refractivity contribution in [1.82, 2.24) is 0 Å². The maximum absolute atomic E-state index is 6.13. The third-order valence-corrected chi connectivity index (χ3v) is 4.75. The fourth-order valence-corrected chi connectivity index (χ4v) is 3.47. The van der Waals surface area contributed by atoms with Crippen LogP contribution in [0.25, 0.3) is 0 Å². The van der Waals surface area contributed by atoms with Crippen LogP contribution in [0.15, 0.2) is 41.0 Å². The maximum atomic E-state index is 6.13. The molecule has 0 spiro atoms. The Morgan fingerprint density at radius 1 is 1.08 bits per heavy atom. The van der Waals surface area contributed by atoms with Gasteiger partial charge >= 0.3 is 21.7 Å². The molecule has 0 N–H and O–H groups in total. The Balaban J connectivity index is 0. The number of rotatable bonds is 3. The SMILES string of the molecule is COC1(CC2=[C-]CC=C2)CC=C(C(C)(C)C)C=C1C(C)(C)C.[Cl-].[Cl-].[Ti+3]. The van der Waals surface area contributed by atoms with Crippen LogP contribution in [0, 0.1) is 16.9 Å². The molecule has 2 aliphatic carbocycles. The number of ether oxygens (including phenoxy) is 1. The fourth-order valence-electron chi connectivity index (χ4n) is 3.47. The van der Waals surface area contributed by atoms with Crippen LogP contribution >= 0.6 is 0 Å². The third-order valence-electron chi connectivity index (χ3n) is 4.75. The van der Waals surface area contributed by atoms with Crippen LogP contribution in [0.1, 0.15) is 60.8 Å². The van der Waals surface area contributed by atoms with Gasteiger partial charge in [0, 0.05) is 7.11 Å². The van der Waals surface area contributed by atoms with Crippen LogP contribution in [0.5, 0.6) is 0 Å². The molecule has 0 aromatic rings. The van der Waals surface area contributed by atoms with Crippen LogP contribution in [0.2, 0.25) is 0 Å². The van der Waals surface area contributed by atoms with Gasteiger partial charge in [-0.15, -0.1) is 6.42 Å². The van der Waals surface area contributed by atoms with Crippen LogP contribution in [0.3, 0.4) is 0 Å². The Morgan fingerprint density at radius 3 is 2.08 bits per heavy atom. The van der Waals surface area contributed by atoms with E-state index in [1.54, 1.807) is 0 Å². The van der Waals surface area contributed by atoms with Crippen molar-refractivity contribution in [3.8, 4) is 0 Å². The molecule has 1 radical (unpaired) electrons. The Bertz CT molecular complexity index is 559.